The number of benzene rings is 3. The Hall–Kier alpha value is -3.73. The SMILES string of the molecule is CC(C)Cn1nc(C(=O)N(C)Cc2ccc(-c3ccccc3)cc2)c2ccccc2c1=O. The fourth-order valence-electron chi connectivity index (χ4n) is 3.82. The summed E-state index contributed by atoms with van der Waals surface area (Å²) in [5.74, 6) is 0.0380. The van der Waals surface area contributed by atoms with Crippen molar-refractivity contribution >= 4 is 16.7 Å². The van der Waals surface area contributed by atoms with Gasteiger partial charge in [0, 0.05) is 25.5 Å². The maximum atomic E-state index is 13.3. The average Bonchev–Trinajstić information content (AvgIpc) is 2.81. The summed E-state index contributed by atoms with van der Waals surface area (Å²) in [5, 5.41) is 5.58. The minimum absolute atomic E-state index is 0.162. The third-order valence-electron chi connectivity index (χ3n) is 5.44. The molecule has 0 N–H and O–H groups in total. The zero-order valence-electron chi connectivity index (χ0n) is 18.7. The highest BCUT2D eigenvalue weighted by atomic mass is 16.2. The molecule has 1 amide bonds. The highest BCUT2D eigenvalue weighted by molar-refractivity contribution is 6.04. The van der Waals surface area contributed by atoms with Gasteiger partial charge in [0.05, 0.1) is 5.39 Å². The minimum Gasteiger partial charge on any atom is -0.336 e. The molecular weight excluding hydrogens is 398 g/mol. The van der Waals surface area contributed by atoms with Crippen LogP contribution in [0.2, 0.25) is 0 Å². The van der Waals surface area contributed by atoms with Crippen LogP contribution in [0.1, 0.15) is 29.9 Å². The molecule has 0 saturated heterocycles. The van der Waals surface area contributed by atoms with Gasteiger partial charge < -0.3 is 4.90 Å². The van der Waals surface area contributed by atoms with Crippen molar-refractivity contribution in [1.29, 1.82) is 0 Å². The van der Waals surface area contributed by atoms with E-state index >= 15 is 0 Å². The van der Waals surface area contributed by atoms with Crippen molar-refractivity contribution < 1.29 is 4.79 Å². The topological polar surface area (TPSA) is 55.2 Å². The molecule has 5 nitrogen and oxygen atoms in total. The summed E-state index contributed by atoms with van der Waals surface area (Å²) in [6, 6.07) is 25.6. The molecule has 0 spiro atoms. The molecule has 0 aliphatic heterocycles. The van der Waals surface area contributed by atoms with E-state index in [1.165, 1.54) is 4.68 Å². The first kappa shape index (κ1) is 21.5. The van der Waals surface area contributed by atoms with Gasteiger partial charge in [0.15, 0.2) is 5.69 Å². The van der Waals surface area contributed by atoms with Crippen molar-refractivity contribution in [3.63, 3.8) is 0 Å². The standard InChI is InChI=1S/C27H27N3O2/c1-19(2)17-30-26(31)24-12-8-7-11-23(24)25(28-30)27(32)29(3)18-20-13-15-22(16-14-20)21-9-5-4-6-10-21/h4-16,19H,17-18H2,1-3H3. The monoisotopic (exact) mass is 425 g/mol. The van der Waals surface area contributed by atoms with E-state index in [2.05, 4.69) is 29.4 Å². The van der Waals surface area contributed by atoms with Crippen molar-refractivity contribution in [3.05, 3.63) is 100 Å². The van der Waals surface area contributed by atoms with Crippen LogP contribution >= 0.6 is 0 Å². The van der Waals surface area contributed by atoms with E-state index in [0.29, 0.717) is 29.6 Å². The van der Waals surface area contributed by atoms with Gasteiger partial charge in [-0.05, 0) is 28.7 Å². The molecule has 0 radical (unpaired) electrons. The molecule has 0 aliphatic carbocycles. The lowest BCUT2D eigenvalue weighted by molar-refractivity contribution is 0.0778. The van der Waals surface area contributed by atoms with E-state index in [-0.39, 0.29) is 17.4 Å². The third kappa shape index (κ3) is 4.47. The van der Waals surface area contributed by atoms with Crippen LogP contribution in [-0.4, -0.2) is 27.6 Å². The van der Waals surface area contributed by atoms with E-state index in [1.807, 2.05) is 56.3 Å². The molecule has 0 bridgehead atoms. The van der Waals surface area contributed by atoms with Crippen LogP contribution in [-0.2, 0) is 13.1 Å². The minimum atomic E-state index is -0.203. The molecule has 0 aliphatic rings. The first-order valence-electron chi connectivity index (χ1n) is 10.8. The normalized spacial score (nSPS) is 11.1. The van der Waals surface area contributed by atoms with Crippen LogP contribution in [0.25, 0.3) is 21.9 Å². The van der Waals surface area contributed by atoms with Gasteiger partial charge in [-0.15, -0.1) is 0 Å². The molecule has 0 saturated carbocycles. The number of amides is 1. The number of fused-ring (bicyclic) bond motifs is 1. The maximum absolute atomic E-state index is 13.3. The summed E-state index contributed by atoms with van der Waals surface area (Å²) in [4.78, 5) is 27.8. The fraction of sp³-hybridized carbons (Fsp3) is 0.222. The molecule has 32 heavy (non-hydrogen) atoms. The summed E-state index contributed by atoms with van der Waals surface area (Å²) in [5.41, 5.74) is 3.47. The second-order valence-electron chi connectivity index (χ2n) is 8.50. The molecule has 0 atom stereocenters. The lowest BCUT2D eigenvalue weighted by atomic mass is 10.0. The zero-order valence-corrected chi connectivity index (χ0v) is 18.7. The quantitative estimate of drug-likeness (QED) is 0.437. The first-order chi connectivity index (χ1) is 15.4. The fourth-order valence-corrected chi connectivity index (χ4v) is 3.82. The number of nitrogens with zero attached hydrogens (tertiary/aromatic N) is 3. The molecule has 0 fully saturated rings. The number of aromatic nitrogens is 2. The average molecular weight is 426 g/mol. The van der Waals surface area contributed by atoms with Crippen molar-refractivity contribution in [2.24, 2.45) is 5.92 Å². The van der Waals surface area contributed by atoms with Crippen LogP contribution in [0.3, 0.4) is 0 Å². The van der Waals surface area contributed by atoms with Crippen LogP contribution in [0.4, 0.5) is 0 Å². The number of hydrogen-bond donors (Lipinski definition) is 0. The Balaban J connectivity index is 1.61. The van der Waals surface area contributed by atoms with Crippen LogP contribution in [0, 0.1) is 5.92 Å². The van der Waals surface area contributed by atoms with Crippen molar-refractivity contribution in [1.82, 2.24) is 14.7 Å². The summed E-state index contributed by atoms with van der Waals surface area (Å²) in [6.45, 7) is 4.97. The second-order valence-corrected chi connectivity index (χ2v) is 8.50. The highest BCUT2D eigenvalue weighted by Gasteiger charge is 2.20. The number of carbonyl (C=O) groups is 1. The van der Waals surface area contributed by atoms with Gasteiger partial charge in [-0.3, -0.25) is 9.59 Å². The Morgan fingerprint density at radius 2 is 1.47 bits per heavy atom. The van der Waals surface area contributed by atoms with Gasteiger partial charge in [0.1, 0.15) is 0 Å². The maximum Gasteiger partial charge on any atom is 0.274 e. The Bertz CT molecular complexity index is 1290. The smallest absolute Gasteiger partial charge is 0.274 e. The number of rotatable bonds is 6. The van der Waals surface area contributed by atoms with Gasteiger partial charge in [0.2, 0.25) is 0 Å². The number of carbonyl (C=O) groups excluding carboxylic acids is 1. The second kappa shape index (κ2) is 9.18. The van der Waals surface area contributed by atoms with E-state index in [1.54, 1.807) is 24.1 Å². The first-order valence-corrected chi connectivity index (χ1v) is 10.8. The molecule has 3 aromatic carbocycles. The van der Waals surface area contributed by atoms with E-state index in [4.69, 9.17) is 0 Å². The molecule has 4 rings (SSSR count). The number of hydrogen-bond acceptors (Lipinski definition) is 3. The summed E-state index contributed by atoms with van der Waals surface area (Å²) < 4.78 is 1.42. The lowest BCUT2D eigenvalue weighted by Crippen LogP contribution is -2.32. The summed E-state index contributed by atoms with van der Waals surface area (Å²) in [7, 11) is 1.77. The summed E-state index contributed by atoms with van der Waals surface area (Å²) >= 11 is 0. The Kier molecular flexibility index (Phi) is 6.17. The van der Waals surface area contributed by atoms with Crippen molar-refractivity contribution in [3.8, 4) is 11.1 Å². The third-order valence-corrected chi connectivity index (χ3v) is 5.44. The van der Waals surface area contributed by atoms with Gasteiger partial charge >= 0.3 is 0 Å². The molecule has 0 unspecified atom stereocenters. The van der Waals surface area contributed by atoms with E-state index in [9.17, 15) is 9.59 Å². The molecule has 5 heteroatoms. The van der Waals surface area contributed by atoms with Gasteiger partial charge in [0.25, 0.3) is 11.5 Å². The largest absolute Gasteiger partial charge is 0.336 e. The van der Waals surface area contributed by atoms with Crippen molar-refractivity contribution in [2.45, 2.75) is 26.9 Å². The molecule has 1 heterocycles. The van der Waals surface area contributed by atoms with Crippen LogP contribution < -0.4 is 5.56 Å². The Morgan fingerprint density at radius 3 is 2.12 bits per heavy atom. The van der Waals surface area contributed by atoms with E-state index < -0.39 is 0 Å². The summed E-state index contributed by atoms with van der Waals surface area (Å²) in [6.07, 6.45) is 0. The van der Waals surface area contributed by atoms with Gasteiger partial charge in [-0.2, -0.15) is 5.10 Å². The zero-order chi connectivity index (χ0) is 22.7. The Morgan fingerprint density at radius 1 is 0.875 bits per heavy atom. The Labute approximate surface area is 187 Å². The molecule has 1 aromatic heterocycles. The van der Waals surface area contributed by atoms with Crippen LogP contribution in [0.5, 0.6) is 0 Å². The van der Waals surface area contributed by atoms with Gasteiger partial charge in [-0.25, -0.2) is 4.68 Å². The van der Waals surface area contributed by atoms with Gasteiger partial charge in [-0.1, -0.05) is 86.6 Å². The molecular formula is C27H27N3O2. The lowest BCUT2D eigenvalue weighted by Gasteiger charge is -2.19. The molecule has 4 aromatic rings. The molecule has 162 valence electrons. The highest BCUT2D eigenvalue weighted by Crippen LogP contribution is 2.21. The van der Waals surface area contributed by atoms with E-state index in [0.717, 1.165) is 16.7 Å². The van der Waals surface area contributed by atoms with Crippen molar-refractivity contribution in [2.75, 3.05) is 7.05 Å². The predicted octanol–water partition coefficient (Wildman–Crippen LogP) is 4.99. The van der Waals surface area contributed by atoms with Crippen LogP contribution in [0.15, 0.2) is 83.7 Å². The predicted molar refractivity (Wildman–Crippen MR) is 129 cm³/mol.